The summed E-state index contributed by atoms with van der Waals surface area (Å²) in [5.74, 6) is 0. The van der Waals surface area contributed by atoms with E-state index in [1.165, 1.54) is 45.6 Å². The molecule has 2 N–H and O–H groups in total. The Balaban J connectivity index is -0.0000000487. The molecule has 5 radical (unpaired) electrons. The molecule has 0 saturated carbocycles. The van der Waals surface area contributed by atoms with Crippen LogP contribution in [0.2, 0.25) is 0 Å². The molecule has 0 aliphatic carbocycles. The topological polar surface area (TPSA) is 225 Å². The molecule has 0 unspecified atom stereocenters. The number of aliphatic hydroxyl groups is 2. The largest absolute Gasteiger partial charge is 1.00 e. The summed E-state index contributed by atoms with van der Waals surface area (Å²) in [6.07, 6.45) is 9.73. The molecule has 76 heavy (non-hydrogen) atoms. The number of alkyl halides is 2. The first-order chi connectivity index (χ1) is 31.1. The van der Waals surface area contributed by atoms with Gasteiger partial charge in [0.05, 0.1) is 25.7 Å². The molecule has 0 atom stereocenters. The number of aliphatic hydroxyl groups excluding tert-OH is 2. The maximum Gasteiger partial charge on any atom is 1.00 e. The second kappa shape index (κ2) is 86.1. The van der Waals surface area contributed by atoms with Gasteiger partial charge in [-0.3, -0.25) is 9.09 Å². The van der Waals surface area contributed by atoms with E-state index in [1.807, 2.05) is 84.9 Å². The maximum atomic E-state index is 10.6. The fraction of sp³-hybridized carbons (Fsp3) is 0.327. The van der Waals surface area contributed by atoms with Crippen LogP contribution in [0, 0.1) is 44.1 Å². The van der Waals surface area contributed by atoms with Crippen LogP contribution >= 0.6 is 42.5 Å². The van der Waals surface area contributed by atoms with Gasteiger partial charge in [-0.05, 0) is 86.1 Å². The zero-order chi connectivity index (χ0) is 49.3. The van der Waals surface area contributed by atoms with Crippen molar-refractivity contribution in [1.29, 1.82) is 0 Å². The van der Waals surface area contributed by atoms with Gasteiger partial charge in [0.2, 0.25) is 9.05 Å². The zero-order valence-electron chi connectivity index (χ0n) is 46.3. The third kappa shape index (κ3) is 101. The smallest absolute Gasteiger partial charge is 0.396 e. The van der Waals surface area contributed by atoms with Crippen LogP contribution < -0.4 is 29.6 Å². The molecule has 0 saturated heterocycles. The van der Waals surface area contributed by atoms with Crippen LogP contribution in [0.15, 0.2) is 157 Å². The van der Waals surface area contributed by atoms with Gasteiger partial charge in [0.25, 0.3) is 10.1 Å². The van der Waals surface area contributed by atoms with E-state index in [1.54, 1.807) is 0 Å². The number of hydrogen-bond acceptors (Lipinski definition) is 8. The van der Waals surface area contributed by atoms with Crippen molar-refractivity contribution >= 4 is 61.7 Å². The molecule has 24 heteroatoms. The molecule has 5 aromatic carbocycles. The van der Waals surface area contributed by atoms with Gasteiger partial charge in [0, 0.05) is 203 Å². The van der Waals surface area contributed by atoms with E-state index in [0.717, 1.165) is 56.4 Å². The minimum absolute atomic E-state index is 0. The Bertz CT molecular complexity index is 2080. The van der Waals surface area contributed by atoms with Gasteiger partial charge in [-0.2, -0.15) is 8.42 Å². The number of benzene rings is 5. The third-order valence-corrected chi connectivity index (χ3v) is 8.82. The molecule has 0 heterocycles. The average Bonchev–Trinajstić information content (AvgIpc) is 3.30. The number of aryl methyl sites for hydroxylation is 5. The predicted molar refractivity (Wildman–Crippen MR) is 310 cm³/mol. The summed E-state index contributed by atoms with van der Waals surface area (Å²) in [4.78, 5) is 4.19. The Labute approximate surface area is 631 Å². The quantitative estimate of drug-likeness (QED) is 0.0112. The van der Waals surface area contributed by atoms with Crippen LogP contribution in [0.1, 0.15) is 53.5 Å². The van der Waals surface area contributed by atoms with Crippen molar-refractivity contribution in [2.24, 2.45) is 5.11 Å². The Kier molecular flexibility index (Phi) is 128. The van der Waals surface area contributed by atoms with Gasteiger partial charge >= 0.3 is 29.6 Å². The van der Waals surface area contributed by atoms with Gasteiger partial charge in [-0.1, -0.05) is 194 Å². The average molecular weight is 1630 g/mol. The molecule has 0 aromatic heterocycles. The first kappa shape index (κ1) is 113. The van der Waals surface area contributed by atoms with E-state index in [-0.39, 0.29) is 250 Å². The van der Waals surface area contributed by atoms with Crippen molar-refractivity contribution in [3.63, 3.8) is 0 Å². The fourth-order valence-electron chi connectivity index (χ4n) is 4.55. The normalized spacial score (nSPS) is 8.16. The van der Waals surface area contributed by atoms with Gasteiger partial charge in [0.1, 0.15) is 0 Å². The van der Waals surface area contributed by atoms with E-state index < -0.39 is 19.2 Å². The van der Waals surface area contributed by atoms with Crippen molar-refractivity contribution in [3.05, 3.63) is 243 Å². The molecule has 0 aliphatic rings. The molecule has 5 rings (SSSR count). The number of azide groups is 1. The molecule has 13 nitrogen and oxygen atoms in total. The zero-order valence-corrected chi connectivity index (χ0v) is 68.0. The molecule has 0 amide bonds. The van der Waals surface area contributed by atoms with Gasteiger partial charge < -0.3 is 58.4 Å². The molecule has 0 bridgehead atoms. The number of nitrogens with zero attached hydrogens (tertiary/aromatic N) is 6. The van der Waals surface area contributed by atoms with Crippen molar-refractivity contribution in [3.8, 4) is 0 Å². The molecule has 0 spiro atoms. The van der Waals surface area contributed by atoms with Crippen LogP contribution in [-0.2, 0) is 213 Å². The maximum absolute atomic E-state index is 10.6. The van der Waals surface area contributed by atoms with Crippen LogP contribution in [0.4, 0.5) is 0 Å². The summed E-state index contributed by atoms with van der Waals surface area (Å²) in [5.41, 5.74) is 28.1. The van der Waals surface area contributed by atoms with Crippen LogP contribution in [0.5, 0.6) is 0 Å². The SMILES string of the molecule is BrCCCc1ccccc1.CS(=O)(=O)Cl.CS(=O)(=O)OCCCc1ccccc1.Cc1ccccc1.OCCBr.OCCCc1ccccc1.[CH3-].[CH3-].[CH3-].[CH3-].[CH3-].[N-]=[N+]=NCCCc1ccccc1.[N-]=[N+]=[N-].[Na+].[Y].[Y].[Y].[Y].[Y]. The molecular weight excluding hydrogens is 1550 g/mol. The second-order valence-electron chi connectivity index (χ2n) is 13.1. The van der Waals surface area contributed by atoms with Crippen molar-refractivity contribution in [2.45, 2.75) is 58.3 Å². The first-order valence-corrected chi connectivity index (χ1v) is 27.1. The summed E-state index contributed by atoms with van der Waals surface area (Å²) in [5, 5.41) is 21.6. The van der Waals surface area contributed by atoms with E-state index in [2.05, 4.69) is 130 Å². The standard InChI is InChI=1S/C10H14O3S.C9H11Br.C9H11N3.C9H12O.C7H8.C2H5BrO.CH3ClO2S.5CH3.N3.Na.5Y/c1-14(11,12)13-9-5-8-10-6-3-2-4-7-10;10-8-4-7-9-5-2-1-3-6-9;10-12-11-8-4-7-9-5-2-1-3-6-9;10-8-4-7-9-5-2-1-3-6-9;1-7-5-3-2-4-6-7;3-1-2-4;1-5(2,3)4;;;;;;1-3-2;;;;;;/h2-4,6-7H,5,8-9H2,1H3;1-3,5-6H,4,7-8H2;1-3,5-6H,4,7-8H2;1-3,5-6,10H,4,7-8H2;2-6H,1H3;4H,1-2H2;1H3;5*1H3;;;;;;;/q;;;;;;;6*-1;+1;;;;;. The van der Waals surface area contributed by atoms with Crippen molar-refractivity contribution in [1.82, 2.24) is 0 Å². The molecule has 5 aromatic rings. The van der Waals surface area contributed by atoms with Gasteiger partial charge in [0.15, 0.2) is 0 Å². The van der Waals surface area contributed by atoms with E-state index in [4.69, 9.17) is 26.8 Å². The minimum Gasteiger partial charge on any atom is -0.396 e. The number of rotatable bonds is 16. The number of halogens is 3. The summed E-state index contributed by atoms with van der Waals surface area (Å²) in [6, 6.07) is 51.1. The monoisotopic (exact) mass is 1620 g/mol. The second-order valence-corrected chi connectivity index (χ2v) is 19.4. The predicted octanol–water partition coefficient (Wildman–Crippen LogP) is 11.8. The minimum atomic E-state index is -3.28. The molecule has 0 aliphatic heterocycles. The first-order valence-electron chi connectivity index (χ1n) is 20.3. The summed E-state index contributed by atoms with van der Waals surface area (Å²) in [7, 11) is -1.97. The Morgan fingerprint density at radius 3 is 1.00 bits per heavy atom. The van der Waals surface area contributed by atoms with E-state index in [9.17, 15) is 16.8 Å². The summed E-state index contributed by atoms with van der Waals surface area (Å²) < 4.78 is 44.7. The Morgan fingerprint density at radius 2 is 0.776 bits per heavy atom. The van der Waals surface area contributed by atoms with Crippen LogP contribution in [0.3, 0.4) is 0 Å². The molecule has 0 fully saturated rings. The van der Waals surface area contributed by atoms with Gasteiger partial charge in [-0.15, -0.1) is 0 Å². The van der Waals surface area contributed by atoms with E-state index >= 15 is 0 Å². The number of hydrogen-bond donors (Lipinski definition) is 2. The Morgan fingerprint density at radius 1 is 0.513 bits per heavy atom. The van der Waals surface area contributed by atoms with Crippen LogP contribution in [-0.4, -0.2) is 76.6 Å². The Hall–Kier alpha value is 2.27. The summed E-state index contributed by atoms with van der Waals surface area (Å²) >= 11 is 6.41. The fourth-order valence-corrected chi connectivity index (χ4v) is 5.25. The van der Waals surface area contributed by atoms with Crippen molar-refractivity contribution in [2.75, 3.05) is 49.5 Å². The summed E-state index contributed by atoms with van der Waals surface area (Å²) in [6.45, 7) is 3.45. The third-order valence-electron chi connectivity index (χ3n) is 7.31. The van der Waals surface area contributed by atoms with E-state index in [0.29, 0.717) is 11.9 Å². The van der Waals surface area contributed by atoms with Crippen molar-refractivity contribution < 1.29 is 224 Å². The molecule has 413 valence electrons. The molecular formula is C52H79Br2ClN6NaO7S2Y5-5. The van der Waals surface area contributed by atoms with Gasteiger partial charge in [-0.25, -0.2) is 8.42 Å². The van der Waals surface area contributed by atoms with Crippen LogP contribution in [0.25, 0.3) is 26.4 Å².